The predicted octanol–water partition coefficient (Wildman–Crippen LogP) is 3.54. The molecule has 0 spiro atoms. The number of nitrogens with one attached hydrogen (secondary N) is 1. The van der Waals surface area contributed by atoms with Crippen LogP contribution in [-0.4, -0.2) is 10.9 Å². The van der Waals surface area contributed by atoms with Crippen LogP contribution in [0.4, 0.5) is 10.1 Å². The smallest absolute Gasteiger partial charge is 0.274 e. The lowest BCUT2D eigenvalue weighted by Crippen LogP contribution is -2.13. The van der Waals surface area contributed by atoms with Crippen molar-refractivity contribution in [2.24, 2.45) is 0 Å². The van der Waals surface area contributed by atoms with E-state index in [1.165, 1.54) is 12.3 Å². The van der Waals surface area contributed by atoms with E-state index < -0.39 is 0 Å². The molecule has 1 aromatic carbocycles. The van der Waals surface area contributed by atoms with E-state index >= 15 is 0 Å². The molecule has 2 aromatic rings. The molecule has 0 aliphatic heterocycles. The van der Waals surface area contributed by atoms with Gasteiger partial charge >= 0.3 is 0 Å². The van der Waals surface area contributed by atoms with E-state index in [1.807, 2.05) is 0 Å². The second kappa shape index (κ2) is 5.27. The van der Waals surface area contributed by atoms with Crippen LogP contribution in [0.25, 0.3) is 0 Å². The minimum atomic E-state index is -0.370. The molecular weight excluding hydrogens is 299 g/mol. The van der Waals surface area contributed by atoms with Crippen molar-refractivity contribution in [1.82, 2.24) is 4.98 Å². The number of pyridine rings is 1. The maximum absolute atomic E-state index is 13.3. The van der Waals surface area contributed by atoms with Crippen LogP contribution < -0.4 is 5.32 Å². The van der Waals surface area contributed by atoms with Crippen molar-refractivity contribution < 1.29 is 9.18 Å². The molecule has 0 aliphatic carbocycles. The van der Waals surface area contributed by atoms with Gasteiger partial charge in [0.25, 0.3) is 5.91 Å². The number of anilines is 1. The van der Waals surface area contributed by atoms with Crippen LogP contribution in [0.2, 0.25) is 0 Å². The zero-order chi connectivity index (χ0) is 13.1. The number of hydrogen-bond donors (Lipinski definition) is 1. The lowest BCUT2D eigenvalue weighted by atomic mass is 10.2. The largest absolute Gasteiger partial charge is 0.321 e. The Bertz CT molecular complexity index is 584. The third-order valence-electron chi connectivity index (χ3n) is 2.39. The summed E-state index contributed by atoms with van der Waals surface area (Å²) in [4.78, 5) is 15.8. The second-order valence-electron chi connectivity index (χ2n) is 3.78. The first-order valence-corrected chi connectivity index (χ1v) is 6.04. The Hall–Kier alpha value is -1.75. The van der Waals surface area contributed by atoms with Gasteiger partial charge in [-0.3, -0.25) is 4.79 Å². The van der Waals surface area contributed by atoms with Gasteiger partial charge in [0.15, 0.2) is 0 Å². The Kier molecular flexibility index (Phi) is 3.72. The highest BCUT2D eigenvalue weighted by molar-refractivity contribution is 9.10. The third-order valence-corrected chi connectivity index (χ3v) is 2.86. The number of amides is 1. The molecule has 0 unspecified atom stereocenters. The van der Waals surface area contributed by atoms with Crippen LogP contribution in [0.15, 0.2) is 41.0 Å². The van der Waals surface area contributed by atoms with Crippen LogP contribution in [0, 0.1) is 12.7 Å². The van der Waals surface area contributed by atoms with E-state index in [0.29, 0.717) is 11.3 Å². The summed E-state index contributed by atoms with van der Waals surface area (Å²) in [7, 11) is 0. The van der Waals surface area contributed by atoms with Gasteiger partial charge in [-0.2, -0.15) is 0 Å². The average molecular weight is 309 g/mol. The lowest BCUT2D eigenvalue weighted by Gasteiger charge is -2.05. The molecular formula is C13H10BrFN2O. The number of benzene rings is 1. The standard InChI is InChI=1S/C13H10BrFN2O/c1-8-2-4-10(6-11(8)15)17-13(18)12-5-3-9(14)7-16-12/h2-7H,1H3,(H,17,18). The maximum Gasteiger partial charge on any atom is 0.274 e. The number of aryl methyl sites for hydroxylation is 1. The van der Waals surface area contributed by atoms with Crippen molar-refractivity contribution in [1.29, 1.82) is 0 Å². The molecule has 92 valence electrons. The zero-order valence-electron chi connectivity index (χ0n) is 9.58. The van der Waals surface area contributed by atoms with Gasteiger partial charge in [0.1, 0.15) is 11.5 Å². The minimum Gasteiger partial charge on any atom is -0.321 e. The number of rotatable bonds is 2. The van der Waals surface area contributed by atoms with Crippen LogP contribution in [0.1, 0.15) is 16.1 Å². The summed E-state index contributed by atoms with van der Waals surface area (Å²) in [6, 6.07) is 7.85. The van der Waals surface area contributed by atoms with Gasteiger partial charge in [0, 0.05) is 16.4 Å². The van der Waals surface area contributed by atoms with Gasteiger partial charge in [-0.05, 0) is 52.7 Å². The molecule has 0 saturated heterocycles. The van der Waals surface area contributed by atoms with Crippen LogP contribution in [0.5, 0.6) is 0 Å². The van der Waals surface area contributed by atoms with Gasteiger partial charge in [-0.1, -0.05) is 6.07 Å². The molecule has 0 radical (unpaired) electrons. The fraction of sp³-hybridized carbons (Fsp3) is 0.0769. The van der Waals surface area contributed by atoms with Gasteiger partial charge in [-0.15, -0.1) is 0 Å². The summed E-state index contributed by atoms with van der Waals surface area (Å²) in [5, 5.41) is 2.59. The van der Waals surface area contributed by atoms with Crippen molar-refractivity contribution in [3.63, 3.8) is 0 Å². The van der Waals surface area contributed by atoms with E-state index in [1.54, 1.807) is 31.2 Å². The minimum absolute atomic E-state index is 0.277. The number of carbonyl (C=O) groups excluding carboxylic acids is 1. The Morgan fingerprint density at radius 3 is 2.72 bits per heavy atom. The number of aromatic nitrogens is 1. The van der Waals surface area contributed by atoms with Crippen molar-refractivity contribution >= 4 is 27.5 Å². The quantitative estimate of drug-likeness (QED) is 0.922. The molecule has 1 heterocycles. The van der Waals surface area contributed by atoms with Crippen molar-refractivity contribution in [2.45, 2.75) is 6.92 Å². The van der Waals surface area contributed by atoms with Gasteiger partial charge < -0.3 is 5.32 Å². The highest BCUT2D eigenvalue weighted by atomic mass is 79.9. The van der Waals surface area contributed by atoms with Gasteiger partial charge in [0.2, 0.25) is 0 Å². The Balaban J connectivity index is 2.16. The number of halogens is 2. The van der Waals surface area contributed by atoms with Gasteiger partial charge in [-0.25, -0.2) is 9.37 Å². The molecule has 0 fully saturated rings. The van der Waals surface area contributed by atoms with Crippen LogP contribution >= 0.6 is 15.9 Å². The molecule has 3 nitrogen and oxygen atoms in total. The molecule has 5 heteroatoms. The molecule has 0 aliphatic rings. The van der Waals surface area contributed by atoms with Crippen molar-refractivity contribution in [2.75, 3.05) is 5.32 Å². The number of nitrogens with zero attached hydrogens (tertiary/aromatic N) is 1. The lowest BCUT2D eigenvalue weighted by molar-refractivity contribution is 0.102. The summed E-state index contributed by atoms with van der Waals surface area (Å²) in [6.07, 6.45) is 1.53. The van der Waals surface area contributed by atoms with Crippen molar-refractivity contribution in [3.8, 4) is 0 Å². The highest BCUT2D eigenvalue weighted by Gasteiger charge is 2.08. The Morgan fingerprint density at radius 1 is 1.33 bits per heavy atom. The molecule has 0 atom stereocenters. The van der Waals surface area contributed by atoms with Crippen LogP contribution in [0.3, 0.4) is 0 Å². The van der Waals surface area contributed by atoms with E-state index in [0.717, 1.165) is 4.47 Å². The highest BCUT2D eigenvalue weighted by Crippen LogP contribution is 2.15. The Morgan fingerprint density at radius 2 is 2.11 bits per heavy atom. The first-order valence-electron chi connectivity index (χ1n) is 5.25. The average Bonchev–Trinajstić information content (AvgIpc) is 2.34. The van der Waals surface area contributed by atoms with Gasteiger partial charge in [0.05, 0.1) is 0 Å². The van der Waals surface area contributed by atoms with E-state index in [2.05, 4.69) is 26.2 Å². The predicted molar refractivity (Wildman–Crippen MR) is 71.0 cm³/mol. The summed E-state index contributed by atoms with van der Waals surface area (Å²) < 4.78 is 14.1. The molecule has 2 rings (SSSR count). The summed E-state index contributed by atoms with van der Waals surface area (Å²) in [6.45, 7) is 1.66. The van der Waals surface area contributed by atoms with E-state index in [9.17, 15) is 9.18 Å². The zero-order valence-corrected chi connectivity index (χ0v) is 11.2. The molecule has 18 heavy (non-hydrogen) atoms. The first-order chi connectivity index (χ1) is 8.56. The SMILES string of the molecule is Cc1ccc(NC(=O)c2ccc(Br)cn2)cc1F. The second-order valence-corrected chi connectivity index (χ2v) is 4.70. The normalized spacial score (nSPS) is 10.2. The molecule has 0 saturated carbocycles. The fourth-order valence-corrected chi connectivity index (χ4v) is 1.61. The molecule has 0 bridgehead atoms. The maximum atomic E-state index is 13.3. The first kappa shape index (κ1) is 12.7. The summed E-state index contributed by atoms with van der Waals surface area (Å²) in [5.74, 6) is -0.720. The van der Waals surface area contributed by atoms with E-state index in [-0.39, 0.29) is 17.4 Å². The molecule has 1 amide bonds. The fourth-order valence-electron chi connectivity index (χ4n) is 1.38. The number of carbonyl (C=O) groups is 1. The van der Waals surface area contributed by atoms with Crippen LogP contribution in [-0.2, 0) is 0 Å². The molecule has 1 aromatic heterocycles. The third kappa shape index (κ3) is 2.92. The topological polar surface area (TPSA) is 42.0 Å². The summed E-state index contributed by atoms with van der Waals surface area (Å²) >= 11 is 3.24. The molecule has 1 N–H and O–H groups in total. The van der Waals surface area contributed by atoms with E-state index in [4.69, 9.17) is 0 Å². The monoisotopic (exact) mass is 308 g/mol. The number of hydrogen-bond acceptors (Lipinski definition) is 2. The van der Waals surface area contributed by atoms with Crippen molar-refractivity contribution in [3.05, 3.63) is 58.1 Å². The Labute approximate surface area is 112 Å². The summed E-state index contributed by atoms with van der Waals surface area (Å²) in [5.41, 5.74) is 1.22.